The summed E-state index contributed by atoms with van der Waals surface area (Å²) in [6.45, 7) is 8.20. The van der Waals surface area contributed by atoms with E-state index in [1.54, 1.807) is 0 Å². The van der Waals surface area contributed by atoms with E-state index in [1.165, 1.54) is 11.1 Å². The van der Waals surface area contributed by atoms with Crippen LogP contribution in [0.1, 0.15) is 31.4 Å². The van der Waals surface area contributed by atoms with E-state index >= 15 is 0 Å². The molecule has 0 saturated heterocycles. The van der Waals surface area contributed by atoms with Crippen molar-refractivity contribution in [3.05, 3.63) is 29.3 Å². The van der Waals surface area contributed by atoms with Crippen LogP contribution >= 0.6 is 0 Å². The molecule has 1 aromatic carbocycles. The molecule has 0 atom stereocenters. The smallest absolute Gasteiger partial charge is 0.126 e. The predicted molar refractivity (Wildman–Crippen MR) is 68.9 cm³/mol. The Hall–Kier alpha value is -1.02. The van der Waals surface area contributed by atoms with Crippen molar-refractivity contribution in [3.8, 4) is 5.75 Å². The van der Waals surface area contributed by atoms with Crippen LogP contribution in [0.5, 0.6) is 5.75 Å². The summed E-state index contributed by atoms with van der Waals surface area (Å²) in [7, 11) is 1.96. The summed E-state index contributed by atoms with van der Waals surface area (Å²) in [6, 6.07) is 6.30. The largest absolute Gasteiger partial charge is 0.493 e. The highest BCUT2D eigenvalue weighted by molar-refractivity contribution is 5.40. The van der Waals surface area contributed by atoms with Crippen molar-refractivity contribution in [1.29, 1.82) is 0 Å². The predicted octanol–water partition coefficient (Wildman–Crippen LogP) is 3.14. The summed E-state index contributed by atoms with van der Waals surface area (Å²) >= 11 is 0. The maximum atomic E-state index is 5.89. The quantitative estimate of drug-likeness (QED) is 0.797. The summed E-state index contributed by atoms with van der Waals surface area (Å²) in [5.41, 5.74) is 2.46. The highest BCUT2D eigenvalue weighted by atomic mass is 16.5. The number of hydrogen-bond acceptors (Lipinski definition) is 2. The monoisotopic (exact) mass is 221 g/mol. The number of benzene rings is 1. The van der Waals surface area contributed by atoms with Crippen LogP contribution in [0.2, 0.25) is 0 Å². The summed E-state index contributed by atoms with van der Waals surface area (Å²) in [5.74, 6) is 1.74. The van der Waals surface area contributed by atoms with E-state index in [4.69, 9.17) is 4.74 Å². The molecule has 1 rings (SSSR count). The van der Waals surface area contributed by atoms with Gasteiger partial charge in [-0.05, 0) is 31.9 Å². The van der Waals surface area contributed by atoms with E-state index in [0.29, 0.717) is 5.92 Å². The average molecular weight is 221 g/mol. The van der Waals surface area contributed by atoms with Crippen molar-refractivity contribution in [2.75, 3.05) is 13.7 Å². The van der Waals surface area contributed by atoms with Gasteiger partial charge in [0.25, 0.3) is 0 Å². The van der Waals surface area contributed by atoms with Gasteiger partial charge in [-0.15, -0.1) is 0 Å². The van der Waals surface area contributed by atoms with Gasteiger partial charge in [-0.1, -0.05) is 32.0 Å². The molecular formula is C14H23NO. The van der Waals surface area contributed by atoms with Gasteiger partial charge in [0, 0.05) is 12.1 Å². The number of hydrogen-bond donors (Lipinski definition) is 1. The average Bonchev–Trinajstić information content (AvgIpc) is 2.22. The molecule has 0 aromatic heterocycles. The second-order valence-corrected chi connectivity index (χ2v) is 4.62. The molecule has 0 radical (unpaired) electrons. The molecule has 1 N–H and O–H groups in total. The summed E-state index contributed by atoms with van der Waals surface area (Å²) in [4.78, 5) is 0. The molecule has 0 fully saturated rings. The fourth-order valence-corrected chi connectivity index (χ4v) is 1.65. The third-order valence-corrected chi connectivity index (χ3v) is 2.60. The van der Waals surface area contributed by atoms with Gasteiger partial charge < -0.3 is 10.1 Å². The van der Waals surface area contributed by atoms with E-state index in [9.17, 15) is 0 Å². The molecule has 90 valence electrons. The second kappa shape index (κ2) is 6.54. The summed E-state index contributed by atoms with van der Waals surface area (Å²) < 4.78 is 5.89. The Labute approximate surface area is 99.0 Å². The van der Waals surface area contributed by atoms with Crippen molar-refractivity contribution in [3.63, 3.8) is 0 Å². The minimum Gasteiger partial charge on any atom is -0.493 e. The van der Waals surface area contributed by atoms with Gasteiger partial charge in [-0.25, -0.2) is 0 Å². The van der Waals surface area contributed by atoms with Gasteiger partial charge in [-0.2, -0.15) is 0 Å². The van der Waals surface area contributed by atoms with Crippen molar-refractivity contribution in [2.24, 2.45) is 5.92 Å². The Kier molecular flexibility index (Phi) is 5.33. The lowest BCUT2D eigenvalue weighted by atomic mass is 10.1. The van der Waals surface area contributed by atoms with E-state index in [2.05, 4.69) is 44.3 Å². The molecule has 1 aromatic rings. The summed E-state index contributed by atoms with van der Waals surface area (Å²) in [5, 5.41) is 3.17. The topological polar surface area (TPSA) is 21.3 Å². The van der Waals surface area contributed by atoms with Crippen LogP contribution in [0, 0.1) is 12.8 Å². The molecule has 0 aliphatic rings. The van der Waals surface area contributed by atoms with Crippen molar-refractivity contribution >= 4 is 0 Å². The molecule has 0 aliphatic heterocycles. The van der Waals surface area contributed by atoms with Gasteiger partial charge in [0.15, 0.2) is 0 Å². The van der Waals surface area contributed by atoms with Gasteiger partial charge in [0.1, 0.15) is 5.75 Å². The maximum Gasteiger partial charge on any atom is 0.126 e. The van der Waals surface area contributed by atoms with Crippen LogP contribution in [-0.2, 0) is 6.54 Å². The van der Waals surface area contributed by atoms with Crippen molar-refractivity contribution in [2.45, 2.75) is 33.7 Å². The van der Waals surface area contributed by atoms with Gasteiger partial charge >= 0.3 is 0 Å². The Morgan fingerprint density at radius 2 is 2.06 bits per heavy atom. The van der Waals surface area contributed by atoms with E-state index in [0.717, 1.165) is 25.3 Å². The molecule has 0 saturated carbocycles. The standard InChI is InChI=1S/C14H23NO/c1-11(2)8-9-16-14-12(3)6-5-7-13(14)10-15-4/h5-7,11,15H,8-10H2,1-4H3. The number of nitrogens with one attached hydrogen (secondary N) is 1. The fourth-order valence-electron chi connectivity index (χ4n) is 1.65. The van der Waals surface area contributed by atoms with Crippen molar-refractivity contribution < 1.29 is 4.74 Å². The molecule has 2 heteroatoms. The van der Waals surface area contributed by atoms with Gasteiger partial charge in [0.05, 0.1) is 6.61 Å². The molecule has 0 amide bonds. The minimum atomic E-state index is 0.691. The third kappa shape index (κ3) is 3.86. The number of rotatable bonds is 6. The third-order valence-electron chi connectivity index (χ3n) is 2.60. The molecule has 16 heavy (non-hydrogen) atoms. The lowest BCUT2D eigenvalue weighted by molar-refractivity contribution is 0.284. The summed E-state index contributed by atoms with van der Waals surface area (Å²) in [6.07, 6.45) is 1.10. The molecule has 0 spiro atoms. The van der Waals surface area contributed by atoms with E-state index in [1.807, 2.05) is 7.05 Å². The Balaban J connectivity index is 2.68. The minimum absolute atomic E-state index is 0.691. The normalized spacial score (nSPS) is 10.8. The van der Waals surface area contributed by atoms with Gasteiger partial charge in [-0.3, -0.25) is 0 Å². The fraction of sp³-hybridized carbons (Fsp3) is 0.571. The van der Waals surface area contributed by atoms with E-state index in [-0.39, 0.29) is 0 Å². The van der Waals surface area contributed by atoms with Crippen LogP contribution in [0.15, 0.2) is 18.2 Å². The first-order valence-electron chi connectivity index (χ1n) is 6.01. The highest BCUT2D eigenvalue weighted by Crippen LogP contribution is 2.23. The van der Waals surface area contributed by atoms with Crippen LogP contribution in [0.25, 0.3) is 0 Å². The Morgan fingerprint density at radius 3 is 2.69 bits per heavy atom. The van der Waals surface area contributed by atoms with Crippen LogP contribution in [0.4, 0.5) is 0 Å². The number of para-hydroxylation sites is 1. The SMILES string of the molecule is CNCc1cccc(C)c1OCCC(C)C. The lowest BCUT2D eigenvalue weighted by Crippen LogP contribution is -2.09. The molecule has 0 bridgehead atoms. The van der Waals surface area contributed by atoms with Crippen molar-refractivity contribution in [1.82, 2.24) is 5.32 Å². The highest BCUT2D eigenvalue weighted by Gasteiger charge is 2.06. The Bertz CT molecular complexity index is 321. The zero-order chi connectivity index (χ0) is 12.0. The van der Waals surface area contributed by atoms with E-state index < -0.39 is 0 Å². The maximum absolute atomic E-state index is 5.89. The van der Waals surface area contributed by atoms with Crippen LogP contribution in [-0.4, -0.2) is 13.7 Å². The first kappa shape index (κ1) is 13.0. The molecule has 0 aliphatic carbocycles. The zero-order valence-corrected chi connectivity index (χ0v) is 10.8. The molecular weight excluding hydrogens is 198 g/mol. The molecule has 0 heterocycles. The number of aryl methyl sites for hydroxylation is 1. The lowest BCUT2D eigenvalue weighted by Gasteiger charge is -2.14. The Morgan fingerprint density at radius 1 is 1.31 bits per heavy atom. The second-order valence-electron chi connectivity index (χ2n) is 4.62. The molecule has 0 unspecified atom stereocenters. The van der Waals surface area contributed by atoms with Crippen LogP contribution < -0.4 is 10.1 Å². The molecule has 2 nitrogen and oxygen atoms in total. The first-order chi connectivity index (χ1) is 7.65. The zero-order valence-electron chi connectivity index (χ0n) is 10.8. The van der Waals surface area contributed by atoms with Crippen LogP contribution in [0.3, 0.4) is 0 Å². The van der Waals surface area contributed by atoms with Gasteiger partial charge in [0.2, 0.25) is 0 Å². The number of ether oxygens (including phenoxy) is 1. The first-order valence-corrected chi connectivity index (χ1v) is 6.01.